The van der Waals surface area contributed by atoms with Gasteiger partial charge in [-0.2, -0.15) is 8.75 Å². The van der Waals surface area contributed by atoms with E-state index >= 15 is 0 Å². The maximum Gasteiger partial charge on any atom is 0.225 e. The third-order valence-corrected chi connectivity index (χ3v) is 5.98. The van der Waals surface area contributed by atoms with Crippen LogP contribution in [-0.4, -0.2) is 28.8 Å². The van der Waals surface area contributed by atoms with Crippen LogP contribution in [0.2, 0.25) is 5.02 Å². The molecule has 0 spiro atoms. The van der Waals surface area contributed by atoms with Crippen molar-refractivity contribution < 1.29 is 17.6 Å². The quantitative estimate of drug-likeness (QED) is 0.711. The van der Waals surface area contributed by atoms with Gasteiger partial charge in [0.05, 0.1) is 33.1 Å². The maximum atomic E-state index is 13.0. The number of carbonyl (C=O) groups excluding carboxylic acids is 1. The monoisotopic (exact) mass is 399 g/mol. The number of nitrogens with one attached hydrogen (secondary N) is 1. The number of hydrogen-bond acceptors (Lipinski definition) is 6. The topological polar surface area (TPSA) is 89.0 Å². The van der Waals surface area contributed by atoms with Crippen molar-refractivity contribution in [3.05, 3.63) is 47.2 Å². The van der Waals surface area contributed by atoms with Crippen LogP contribution in [0.3, 0.4) is 0 Å². The Morgan fingerprint density at radius 3 is 2.80 bits per heavy atom. The first-order valence-electron chi connectivity index (χ1n) is 7.06. The molecule has 0 saturated heterocycles. The van der Waals surface area contributed by atoms with E-state index in [0.29, 0.717) is 11.0 Å². The maximum absolute atomic E-state index is 13.0. The Hall–Kier alpha value is -2.10. The summed E-state index contributed by atoms with van der Waals surface area (Å²) in [5.41, 5.74) is 1.01. The van der Waals surface area contributed by atoms with E-state index in [1.165, 1.54) is 12.1 Å². The molecule has 0 aliphatic rings. The third kappa shape index (κ3) is 3.94. The normalized spacial score (nSPS) is 11.6. The molecule has 6 nitrogen and oxygen atoms in total. The van der Waals surface area contributed by atoms with Crippen LogP contribution >= 0.6 is 23.3 Å². The molecule has 10 heteroatoms. The first-order valence-corrected chi connectivity index (χ1v) is 9.82. The van der Waals surface area contributed by atoms with E-state index in [2.05, 4.69) is 14.1 Å². The van der Waals surface area contributed by atoms with Crippen molar-refractivity contribution in [1.82, 2.24) is 8.75 Å². The lowest BCUT2D eigenvalue weighted by Crippen LogP contribution is -2.18. The standard InChI is InChI=1S/C15H11ClFN3O3S2/c16-10-8-9(17)4-5-11(10)18-14(21)6-7-25(22,23)13-3-1-2-12-15(13)20-24-19-12/h1-5,8H,6-7H2,(H,18,21). The van der Waals surface area contributed by atoms with E-state index in [1.54, 1.807) is 12.1 Å². The number of halogens is 2. The predicted octanol–water partition coefficient (Wildman–Crippen LogP) is 3.29. The Balaban J connectivity index is 1.72. The number of aromatic nitrogens is 2. The molecule has 1 heterocycles. The summed E-state index contributed by atoms with van der Waals surface area (Å²) >= 11 is 6.75. The predicted molar refractivity (Wildman–Crippen MR) is 94.1 cm³/mol. The summed E-state index contributed by atoms with van der Waals surface area (Å²) in [6, 6.07) is 8.20. The molecule has 25 heavy (non-hydrogen) atoms. The van der Waals surface area contributed by atoms with E-state index in [9.17, 15) is 17.6 Å². The minimum absolute atomic E-state index is 0.0366. The summed E-state index contributed by atoms with van der Waals surface area (Å²) in [6.45, 7) is 0. The zero-order chi connectivity index (χ0) is 18.0. The molecular formula is C15H11ClFN3O3S2. The molecule has 0 fully saturated rings. The van der Waals surface area contributed by atoms with Crippen molar-refractivity contribution in [3.8, 4) is 0 Å². The summed E-state index contributed by atoms with van der Waals surface area (Å²) in [5, 5.41) is 2.50. The number of anilines is 1. The van der Waals surface area contributed by atoms with Crippen molar-refractivity contribution in [2.24, 2.45) is 0 Å². The van der Waals surface area contributed by atoms with E-state index < -0.39 is 27.3 Å². The number of sulfone groups is 1. The summed E-state index contributed by atoms with van der Waals surface area (Å²) in [6.07, 6.45) is -0.274. The zero-order valence-corrected chi connectivity index (χ0v) is 15.0. The molecule has 0 unspecified atom stereocenters. The van der Waals surface area contributed by atoms with Crippen LogP contribution in [0.4, 0.5) is 10.1 Å². The average molecular weight is 400 g/mol. The van der Waals surface area contributed by atoms with E-state index in [1.807, 2.05) is 0 Å². The minimum atomic E-state index is -3.71. The van der Waals surface area contributed by atoms with E-state index in [-0.39, 0.29) is 22.0 Å². The zero-order valence-electron chi connectivity index (χ0n) is 12.6. The van der Waals surface area contributed by atoms with Crippen LogP contribution in [0.25, 0.3) is 11.0 Å². The fourth-order valence-corrected chi connectivity index (χ4v) is 4.40. The van der Waals surface area contributed by atoms with E-state index in [0.717, 1.165) is 23.9 Å². The number of fused-ring (bicyclic) bond motifs is 1. The summed E-state index contributed by atoms with van der Waals surface area (Å²) < 4.78 is 46.0. The molecule has 1 amide bonds. The second-order valence-corrected chi connectivity index (χ2v) is 8.14. The molecule has 1 N–H and O–H groups in total. The lowest BCUT2D eigenvalue weighted by Gasteiger charge is -2.08. The van der Waals surface area contributed by atoms with Gasteiger partial charge in [0.25, 0.3) is 0 Å². The Bertz CT molecular complexity index is 1050. The molecular weight excluding hydrogens is 389 g/mol. The van der Waals surface area contributed by atoms with Gasteiger partial charge in [-0.1, -0.05) is 17.7 Å². The SMILES string of the molecule is O=C(CCS(=O)(=O)c1cccc2nsnc12)Nc1ccc(F)cc1Cl. The van der Waals surface area contributed by atoms with Crippen LogP contribution in [-0.2, 0) is 14.6 Å². The van der Waals surface area contributed by atoms with Gasteiger partial charge in [0.1, 0.15) is 16.9 Å². The number of hydrogen-bond donors (Lipinski definition) is 1. The largest absolute Gasteiger partial charge is 0.325 e. The van der Waals surface area contributed by atoms with Gasteiger partial charge in [0.15, 0.2) is 9.84 Å². The van der Waals surface area contributed by atoms with Gasteiger partial charge in [0, 0.05) is 6.42 Å². The highest BCUT2D eigenvalue weighted by atomic mass is 35.5. The fourth-order valence-electron chi connectivity index (χ4n) is 2.17. The van der Waals surface area contributed by atoms with Gasteiger partial charge in [-0.05, 0) is 30.3 Å². The van der Waals surface area contributed by atoms with Crippen molar-refractivity contribution >= 4 is 55.8 Å². The average Bonchev–Trinajstić information content (AvgIpc) is 3.04. The number of carbonyl (C=O) groups is 1. The molecule has 0 aliphatic carbocycles. The molecule has 0 bridgehead atoms. The van der Waals surface area contributed by atoms with Gasteiger partial charge in [0.2, 0.25) is 5.91 Å². The van der Waals surface area contributed by atoms with Gasteiger partial charge < -0.3 is 5.32 Å². The molecule has 0 atom stereocenters. The van der Waals surface area contributed by atoms with Crippen LogP contribution in [0.15, 0.2) is 41.3 Å². The van der Waals surface area contributed by atoms with Crippen molar-refractivity contribution in [1.29, 1.82) is 0 Å². The highest BCUT2D eigenvalue weighted by molar-refractivity contribution is 7.91. The minimum Gasteiger partial charge on any atom is -0.325 e. The Labute approximate surface area is 151 Å². The molecule has 130 valence electrons. The lowest BCUT2D eigenvalue weighted by molar-refractivity contribution is -0.115. The fraction of sp³-hybridized carbons (Fsp3) is 0.133. The van der Waals surface area contributed by atoms with Gasteiger partial charge in [-0.25, -0.2) is 12.8 Å². The second kappa shape index (κ2) is 7.03. The molecule has 1 aromatic heterocycles. The van der Waals surface area contributed by atoms with Crippen LogP contribution in [0.5, 0.6) is 0 Å². The summed E-state index contributed by atoms with van der Waals surface area (Å²) in [7, 11) is -3.71. The third-order valence-electron chi connectivity index (χ3n) is 3.39. The number of benzene rings is 2. The molecule has 2 aromatic carbocycles. The Morgan fingerprint density at radius 2 is 2.04 bits per heavy atom. The van der Waals surface area contributed by atoms with Crippen LogP contribution in [0.1, 0.15) is 6.42 Å². The van der Waals surface area contributed by atoms with Crippen LogP contribution < -0.4 is 5.32 Å². The molecule has 0 radical (unpaired) electrons. The van der Waals surface area contributed by atoms with E-state index in [4.69, 9.17) is 11.6 Å². The van der Waals surface area contributed by atoms with Gasteiger partial charge >= 0.3 is 0 Å². The first kappa shape index (κ1) is 17.7. The van der Waals surface area contributed by atoms with Gasteiger partial charge in [-0.15, -0.1) is 0 Å². The Kier molecular flexibility index (Phi) is 4.98. The Morgan fingerprint density at radius 1 is 1.24 bits per heavy atom. The van der Waals surface area contributed by atoms with Crippen molar-refractivity contribution in [2.45, 2.75) is 11.3 Å². The number of nitrogens with zero attached hydrogens (tertiary/aromatic N) is 2. The van der Waals surface area contributed by atoms with Crippen molar-refractivity contribution in [3.63, 3.8) is 0 Å². The number of amides is 1. The summed E-state index contributed by atoms with van der Waals surface area (Å²) in [4.78, 5) is 12.0. The molecule has 0 aliphatic heterocycles. The molecule has 0 saturated carbocycles. The molecule has 3 aromatic rings. The number of rotatable bonds is 5. The first-order chi connectivity index (χ1) is 11.9. The summed E-state index contributed by atoms with van der Waals surface area (Å²) in [5.74, 6) is -1.47. The highest BCUT2D eigenvalue weighted by Crippen LogP contribution is 2.24. The van der Waals surface area contributed by atoms with Crippen molar-refractivity contribution in [2.75, 3.05) is 11.1 Å². The highest BCUT2D eigenvalue weighted by Gasteiger charge is 2.21. The van der Waals surface area contributed by atoms with Crippen LogP contribution in [0, 0.1) is 5.82 Å². The smallest absolute Gasteiger partial charge is 0.225 e. The lowest BCUT2D eigenvalue weighted by atomic mass is 10.3. The van der Waals surface area contributed by atoms with Gasteiger partial charge in [-0.3, -0.25) is 4.79 Å². The second-order valence-electron chi connectivity index (χ2n) is 5.13. The molecule has 3 rings (SSSR count).